The molecule has 3 unspecified atom stereocenters. The fourth-order valence-electron chi connectivity index (χ4n) is 3.29. The summed E-state index contributed by atoms with van der Waals surface area (Å²) >= 11 is 6.06. The van der Waals surface area contributed by atoms with Gasteiger partial charge in [0.05, 0.1) is 5.02 Å². The zero-order chi connectivity index (χ0) is 13.8. The van der Waals surface area contributed by atoms with E-state index in [2.05, 4.69) is 12.2 Å². The minimum Gasteiger partial charge on any atom is -0.316 e. The van der Waals surface area contributed by atoms with Gasteiger partial charge in [-0.3, -0.25) is 0 Å². The summed E-state index contributed by atoms with van der Waals surface area (Å²) in [6, 6.07) is 5.49. The molecule has 1 aliphatic carbocycles. The highest BCUT2D eigenvalue weighted by atomic mass is 35.5. The van der Waals surface area contributed by atoms with Gasteiger partial charge in [0.1, 0.15) is 5.82 Å². The van der Waals surface area contributed by atoms with Gasteiger partial charge in [-0.1, -0.05) is 43.5 Å². The standard InChI is InChI=1S/C16H23ClFN/c1-11-5-3-6-12(9-11)15(19-2)10-13-7-4-8-14(18)16(13)17/h4,7-8,11-12,15,19H,3,5-6,9-10H2,1-2H3. The minimum absolute atomic E-state index is 0.284. The zero-order valence-electron chi connectivity index (χ0n) is 11.8. The summed E-state index contributed by atoms with van der Waals surface area (Å²) in [4.78, 5) is 0. The van der Waals surface area contributed by atoms with Crippen LogP contribution in [0.4, 0.5) is 4.39 Å². The second-order valence-corrected chi connectivity index (χ2v) is 6.22. The van der Waals surface area contributed by atoms with Crippen LogP contribution in [-0.4, -0.2) is 13.1 Å². The number of benzene rings is 1. The number of nitrogens with one attached hydrogen (secondary N) is 1. The average Bonchev–Trinajstić information content (AvgIpc) is 2.40. The van der Waals surface area contributed by atoms with Gasteiger partial charge in [0.15, 0.2) is 0 Å². The molecule has 0 amide bonds. The Balaban J connectivity index is 2.08. The van der Waals surface area contributed by atoms with E-state index in [1.807, 2.05) is 13.1 Å². The van der Waals surface area contributed by atoms with Crippen molar-refractivity contribution >= 4 is 11.6 Å². The molecule has 3 atom stereocenters. The van der Waals surface area contributed by atoms with Crippen LogP contribution in [0.1, 0.15) is 38.2 Å². The molecule has 0 radical (unpaired) electrons. The van der Waals surface area contributed by atoms with E-state index in [1.165, 1.54) is 31.7 Å². The van der Waals surface area contributed by atoms with Crippen molar-refractivity contribution in [3.8, 4) is 0 Å². The lowest BCUT2D eigenvalue weighted by Crippen LogP contribution is -2.38. The summed E-state index contributed by atoms with van der Waals surface area (Å²) in [6.45, 7) is 2.33. The van der Waals surface area contributed by atoms with E-state index in [4.69, 9.17) is 11.6 Å². The molecule has 1 nitrogen and oxygen atoms in total. The van der Waals surface area contributed by atoms with Crippen molar-refractivity contribution in [3.05, 3.63) is 34.6 Å². The number of hydrogen-bond donors (Lipinski definition) is 1. The molecule has 106 valence electrons. The van der Waals surface area contributed by atoms with Crippen LogP contribution in [0.3, 0.4) is 0 Å². The third kappa shape index (κ3) is 3.70. The quantitative estimate of drug-likeness (QED) is 0.862. The predicted molar refractivity (Wildman–Crippen MR) is 79.1 cm³/mol. The van der Waals surface area contributed by atoms with Gasteiger partial charge in [0.25, 0.3) is 0 Å². The topological polar surface area (TPSA) is 12.0 Å². The van der Waals surface area contributed by atoms with Crippen molar-refractivity contribution in [2.75, 3.05) is 7.05 Å². The van der Waals surface area contributed by atoms with E-state index in [0.29, 0.717) is 12.0 Å². The first-order chi connectivity index (χ1) is 9.11. The number of likely N-dealkylation sites (N-methyl/N-ethyl adjacent to an activating group) is 1. The van der Waals surface area contributed by atoms with Gasteiger partial charge in [-0.25, -0.2) is 4.39 Å². The monoisotopic (exact) mass is 283 g/mol. The first-order valence-corrected chi connectivity index (χ1v) is 7.59. The Hall–Kier alpha value is -0.600. The predicted octanol–water partition coefficient (Wildman–Crippen LogP) is 4.44. The molecule has 1 fully saturated rings. The minimum atomic E-state index is -0.314. The molecular weight excluding hydrogens is 261 g/mol. The highest BCUT2D eigenvalue weighted by Crippen LogP contribution is 2.32. The van der Waals surface area contributed by atoms with Crippen LogP contribution in [0.25, 0.3) is 0 Å². The lowest BCUT2D eigenvalue weighted by Gasteiger charge is -2.33. The highest BCUT2D eigenvalue weighted by molar-refractivity contribution is 6.31. The van der Waals surface area contributed by atoms with Crippen LogP contribution in [-0.2, 0) is 6.42 Å². The van der Waals surface area contributed by atoms with Crippen molar-refractivity contribution in [1.82, 2.24) is 5.32 Å². The van der Waals surface area contributed by atoms with E-state index in [9.17, 15) is 4.39 Å². The van der Waals surface area contributed by atoms with E-state index < -0.39 is 0 Å². The molecule has 1 saturated carbocycles. The molecule has 0 aromatic heterocycles. The molecule has 1 aromatic carbocycles. The Morgan fingerprint density at radius 1 is 1.42 bits per heavy atom. The summed E-state index contributed by atoms with van der Waals surface area (Å²) < 4.78 is 13.5. The molecule has 0 aliphatic heterocycles. The van der Waals surface area contributed by atoms with Gasteiger partial charge in [-0.05, 0) is 49.8 Å². The molecule has 0 spiro atoms. The summed E-state index contributed by atoms with van der Waals surface area (Å²) in [7, 11) is 2.00. The van der Waals surface area contributed by atoms with E-state index in [1.54, 1.807) is 6.07 Å². The summed E-state index contributed by atoms with van der Waals surface area (Å²) in [5, 5.41) is 3.69. The van der Waals surface area contributed by atoms with Gasteiger partial charge < -0.3 is 5.32 Å². The van der Waals surface area contributed by atoms with Gasteiger partial charge in [-0.15, -0.1) is 0 Å². The number of rotatable bonds is 4. The number of hydrogen-bond acceptors (Lipinski definition) is 1. The molecule has 1 aliphatic rings. The maximum Gasteiger partial charge on any atom is 0.142 e. The van der Waals surface area contributed by atoms with Crippen molar-refractivity contribution in [1.29, 1.82) is 0 Å². The first-order valence-electron chi connectivity index (χ1n) is 7.22. The van der Waals surface area contributed by atoms with Crippen molar-refractivity contribution in [2.24, 2.45) is 11.8 Å². The first kappa shape index (κ1) is 14.8. The third-order valence-corrected chi connectivity index (χ3v) is 4.81. The van der Waals surface area contributed by atoms with Crippen LogP contribution in [0.5, 0.6) is 0 Å². The fourth-order valence-corrected chi connectivity index (χ4v) is 3.50. The van der Waals surface area contributed by atoms with Crippen molar-refractivity contribution < 1.29 is 4.39 Å². The Bertz CT molecular complexity index is 421. The van der Waals surface area contributed by atoms with Gasteiger partial charge in [0, 0.05) is 6.04 Å². The smallest absolute Gasteiger partial charge is 0.142 e. The number of halogens is 2. The second-order valence-electron chi connectivity index (χ2n) is 5.84. The second kappa shape index (κ2) is 6.71. The molecule has 1 N–H and O–H groups in total. The molecule has 0 saturated heterocycles. The Morgan fingerprint density at radius 3 is 2.89 bits per heavy atom. The van der Waals surface area contributed by atoms with Crippen LogP contribution in [0, 0.1) is 17.7 Å². The SMILES string of the molecule is CNC(Cc1cccc(F)c1Cl)C1CCCC(C)C1. The Kier molecular flexibility index (Phi) is 5.23. The molecule has 0 bridgehead atoms. The third-order valence-electron chi connectivity index (χ3n) is 4.39. The highest BCUT2D eigenvalue weighted by Gasteiger charge is 2.26. The maximum absolute atomic E-state index is 13.5. The lowest BCUT2D eigenvalue weighted by atomic mass is 9.77. The summed E-state index contributed by atoms with van der Waals surface area (Å²) in [6.07, 6.45) is 5.99. The van der Waals surface area contributed by atoms with E-state index in [0.717, 1.165) is 17.9 Å². The fraction of sp³-hybridized carbons (Fsp3) is 0.625. The normalized spacial score (nSPS) is 25.3. The Labute approximate surface area is 120 Å². The molecule has 2 rings (SSSR count). The van der Waals surface area contributed by atoms with Gasteiger partial charge in [-0.2, -0.15) is 0 Å². The lowest BCUT2D eigenvalue weighted by molar-refractivity contribution is 0.227. The van der Waals surface area contributed by atoms with E-state index in [-0.39, 0.29) is 10.8 Å². The summed E-state index contributed by atoms with van der Waals surface area (Å²) in [5.41, 5.74) is 0.916. The van der Waals surface area contributed by atoms with Gasteiger partial charge >= 0.3 is 0 Å². The summed E-state index contributed by atoms with van der Waals surface area (Å²) in [5.74, 6) is 1.16. The largest absolute Gasteiger partial charge is 0.316 e. The zero-order valence-corrected chi connectivity index (χ0v) is 12.5. The maximum atomic E-state index is 13.5. The average molecular weight is 284 g/mol. The van der Waals surface area contributed by atoms with Crippen LogP contribution < -0.4 is 5.32 Å². The van der Waals surface area contributed by atoms with Gasteiger partial charge in [0.2, 0.25) is 0 Å². The van der Waals surface area contributed by atoms with Crippen LogP contribution in [0.2, 0.25) is 5.02 Å². The molecule has 0 heterocycles. The van der Waals surface area contributed by atoms with Crippen molar-refractivity contribution in [3.63, 3.8) is 0 Å². The Morgan fingerprint density at radius 2 is 2.21 bits per heavy atom. The van der Waals surface area contributed by atoms with Crippen LogP contribution >= 0.6 is 11.6 Å². The molecular formula is C16H23ClFN. The van der Waals surface area contributed by atoms with E-state index >= 15 is 0 Å². The molecule has 1 aromatic rings. The van der Waals surface area contributed by atoms with Crippen molar-refractivity contribution in [2.45, 2.75) is 45.1 Å². The molecule has 3 heteroatoms. The molecule has 19 heavy (non-hydrogen) atoms. The van der Waals surface area contributed by atoms with Crippen LogP contribution in [0.15, 0.2) is 18.2 Å².